The number of carbonyl (C=O) groups is 1. The lowest BCUT2D eigenvalue weighted by molar-refractivity contribution is -0.402. The quantitative estimate of drug-likeness (QED) is 0.523. The molecule has 0 saturated heterocycles. The standard InChI is InChI=1S/C17H12FN3O4/c18-13-3-5-14(6-4-13)20(11-12-2-1-9-19-10-12)17(22)15-7-8-16(25-15)21(23)24/h1-10H,11H2. The Morgan fingerprint density at radius 1 is 1.20 bits per heavy atom. The minimum atomic E-state index is -0.722. The van der Waals surface area contributed by atoms with Crippen LogP contribution in [0.2, 0.25) is 0 Å². The summed E-state index contributed by atoms with van der Waals surface area (Å²) < 4.78 is 18.2. The van der Waals surface area contributed by atoms with Gasteiger partial charge in [-0.05, 0) is 42.0 Å². The predicted molar refractivity (Wildman–Crippen MR) is 86.5 cm³/mol. The smallest absolute Gasteiger partial charge is 0.395 e. The highest BCUT2D eigenvalue weighted by molar-refractivity contribution is 6.04. The lowest BCUT2D eigenvalue weighted by Gasteiger charge is -2.21. The summed E-state index contributed by atoms with van der Waals surface area (Å²) in [4.78, 5) is 28.1. The van der Waals surface area contributed by atoms with E-state index in [2.05, 4.69) is 4.98 Å². The second-order valence-corrected chi connectivity index (χ2v) is 5.12. The molecule has 25 heavy (non-hydrogen) atoms. The van der Waals surface area contributed by atoms with Crippen LogP contribution in [0.15, 0.2) is 65.3 Å². The number of carbonyl (C=O) groups excluding carboxylic acids is 1. The number of hydrogen-bond acceptors (Lipinski definition) is 5. The van der Waals surface area contributed by atoms with E-state index >= 15 is 0 Å². The SMILES string of the molecule is O=C(c1ccc([N+](=O)[O-])o1)N(Cc1cccnc1)c1ccc(F)cc1. The third kappa shape index (κ3) is 3.69. The molecule has 0 saturated carbocycles. The molecular formula is C17H12FN3O4. The Morgan fingerprint density at radius 2 is 1.96 bits per heavy atom. The van der Waals surface area contributed by atoms with E-state index in [-0.39, 0.29) is 12.3 Å². The Kier molecular flexibility index (Phi) is 4.51. The molecule has 3 rings (SSSR count). The summed E-state index contributed by atoms with van der Waals surface area (Å²) in [6.45, 7) is 0.146. The minimum Gasteiger partial charge on any atom is -0.395 e. The molecule has 0 fully saturated rings. The summed E-state index contributed by atoms with van der Waals surface area (Å²) >= 11 is 0. The van der Waals surface area contributed by atoms with Crippen molar-refractivity contribution in [3.63, 3.8) is 0 Å². The van der Waals surface area contributed by atoms with Crippen molar-refractivity contribution in [1.82, 2.24) is 4.98 Å². The Hall–Kier alpha value is -3.55. The molecule has 0 aliphatic carbocycles. The lowest BCUT2D eigenvalue weighted by Crippen LogP contribution is -2.30. The first kappa shape index (κ1) is 16.3. The molecule has 1 amide bonds. The zero-order valence-corrected chi connectivity index (χ0v) is 12.8. The molecule has 8 heteroatoms. The monoisotopic (exact) mass is 341 g/mol. The number of anilines is 1. The normalized spacial score (nSPS) is 10.4. The average molecular weight is 341 g/mol. The topological polar surface area (TPSA) is 89.5 Å². The molecule has 0 radical (unpaired) electrons. The van der Waals surface area contributed by atoms with Crippen molar-refractivity contribution in [2.24, 2.45) is 0 Å². The van der Waals surface area contributed by atoms with E-state index in [1.54, 1.807) is 24.5 Å². The van der Waals surface area contributed by atoms with Crippen LogP contribution in [0.25, 0.3) is 0 Å². The van der Waals surface area contributed by atoms with E-state index in [1.165, 1.54) is 35.2 Å². The Morgan fingerprint density at radius 3 is 2.56 bits per heavy atom. The fourth-order valence-corrected chi connectivity index (χ4v) is 2.25. The van der Waals surface area contributed by atoms with E-state index in [0.717, 1.165) is 11.6 Å². The average Bonchev–Trinajstić information content (AvgIpc) is 3.11. The molecular weight excluding hydrogens is 329 g/mol. The van der Waals surface area contributed by atoms with Gasteiger partial charge < -0.3 is 9.32 Å². The van der Waals surface area contributed by atoms with Gasteiger partial charge in [-0.2, -0.15) is 0 Å². The molecule has 0 aliphatic rings. The van der Waals surface area contributed by atoms with Crippen LogP contribution >= 0.6 is 0 Å². The fraction of sp³-hybridized carbons (Fsp3) is 0.0588. The van der Waals surface area contributed by atoms with Gasteiger partial charge in [0.05, 0.1) is 12.6 Å². The molecule has 126 valence electrons. The lowest BCUT2D eigenvalue weighted by atomic mass is 10.2. The number of nitro groups is 1. The number of nitrogens with zero attached hydrogens (tertiary/aromatic N) is 3. The Labute approximate surface area is 141 Å². The van der Waals surface area contributed by atoms with Crippen LogP contribution in [0.1, 0.15) is 16.1 Å². The third-order valence-electron chi connectivity index (χ3n) is 3.43. The minimum absolute atomic E-state index is 0.146. The first-order valence-electron chi connectivity index (χ1n) is 7.25. The summed E-state index contributed by atoms with van der Waals surface area (Å²) in [5, 5.41) is 10.7. The summed E-state index contributed by atoms with van der Waals surface area (Å²) in [5.41, 5.74) is 1.16. The number of hydrogen-bond donors (Lipinski definition) is 0. The van der Waals surface area contributed by atoms with Crippen LogP contribution in [-0.2, 0) is 6.54 Å². The molecule has 0 unspecified atom stereocenters. The summed E-state index contributed by atoms with van der Waals surface area (Å²) in [7, 11) is 0. The van der Waals surface area contributed by atoms with Crippen molar-refractivity contribution in [2.45, 2.75) is 6.54 Å². The molecule has 0 N–H and O–H groups in total. The van der Waals surface area contributed by atoms with Crippen molar-refractivity contribution in [1.29, 1.82) is 0 Å². The number of rotatable bonds is 5. The second kappa shape index (κ2) is 6.91. The molecule has 0 spiro atoms. The molecule has 0 bridgehead atoms. The maximum Gasteiger partial charge on any atom is 0.433 e. The van der Waals surface area contributed by atoms with Crippen LogP contribution in [-0.4, -0.2) is 15.8 Å². The first-order chi connectivity index (χ1) is 12.0. The van der Waals surface area contributed by atoms with Crippen molar-refractivity contribution >= 4 is 17.5 Å². The summed E-state index contributed by atoms with van der Waals surface area (Å²) in [6, 6.07) is 11.2. The van der Waals surface area contributed by atoms with Gasteiger partial charge in [0.1, 0.15) is 10.7 Å². The van der Waals surface area contributed by atoms with Gasteiger partial charge in [-0.15, -0.1) is 0 Å². The first-order valence-corrected chi connectivity index (χ1v) is 7.25. The molecule has 1 aromatic carbocycles. The maximum atomic E-state index is 13.2. The van der Waals surface area contributed by atoms with Crippen LogP contribution in [0.3, 0.4) is 0 Å². The van der Waals surface area contributed by atoms with Crippen LogP contribution in [0.5, 0.6) is 0 Å². The Balaban J connectivity index is 1.95. The van der Waals surface area contributed by atoms with Gasteiger partial charge in [-0.25, -0.2) is 4.39 Å². The number of furan rings is 1. The van der Waals surface area contributed by atoms with E-state index in [1.807, 2.05) is 0 Å². The predicted octanol–water partition coefficient (Wildman–Crippen LogP) is 3.57. The zero-order valence-electron chi connectivity index (χ0n) is 12.8. The van der Waals surface area contributed by atoms with E-state index in [0.29, 0.717) is 5.69 Å². The number of benzene rings is 1. The highest BCUT2D eigenvalue weighted by Gasteiger charge is 2.24. The van der Waals surface area contributed by atoms with Gasteiger partial charge in [0.2, 0.25) is 0 Å². The molecule has 2 aromatic heterocycles. The molecule has 2 heterocycles. The van der Waals surface area contributed by atoms with Crippen molar-refractivity contribution in [2.75, 3.05) is 4.90 Å². The molecule has 3 aromatic rings. The highest BCUT2D eigenvalue weighted by Crippen LogP contribution is 2.23. The van der Waals surface area contributed by atoms with Gasteiger partial charge in [0, 0.05) is 18.1 Å². The van der Waals surface area contributed by atoms with Crippen molar-refractivity contribution in [3.05, 3.63) is 88.2 Å². The second-order valence-electron chi connectivity index (χ2n) is 5.12. The van der Waals surface area contributed by atoms with Gasteiger partial charge in [-0.3, -0.25) is 19.9 Å². The van der Waals surface area contributed by atoms with Gasteiger partial charge in [0.15, 0.2) is 5.76 Å². The third-order valence-corrected chi connectivity index (χ3v) is 3.43. The van der Waals surface area contributed by atoms with Crippen molar-refractivity contribution in [3.8, 4) is 0 Å². The molecule has 0 aliphatic heterocycles. The zero-order chi connectivity index (χ0) is 17.8. The number of pyridine rings is 1. The molecule has 7 nitrogen and oxygen atoms in total. The van der Waals surface area contributed by atoms with Gasteiger partial charge in [0.25, 0.3) is 5.91 Å². The van der Waals surface area contributed by atoms with Gasteiger partial charge >= 0.3 is 5.88 Å². The number of halogens is 1. The highest BCUT2D eigenvalue weighted by atomic mass is 19.1. The summed E-state index contributed by atoms with van der Waals surface area (Å²) in [6.07, 6.45) is 3.19. The van der Waals surface area contributed by atoms with Crippen LogP contribution in [0.4, 0.5) is 16.0 Å². The fourth-order valence-electron chi connectivity index (χ4n) is 2.25. The number of amides is 1. The largest absolute Gasteiger partial charge is 0.433 e. The maximum absolute atomic E-state index is 13.2. The van der Waals surface area contributed by atoms with E-state index < -0.39 is 22.5 Å². The van der Waals surface area contributed by atoms with Crippen LogP contribution in [0, 0.1) is 15.9 Å². The van der Waals surface area contributed by atoms with E-state index in [4.69, 9.17) is 4.42 Å². The van der Waals surface area contributed by atoms with Crippen LogP contribution < -0.4 is 4.90 Å². The molecule has 0 atom stereocenters. The number of aromatic nitrogens is 1. The van der Waals surface area contributed by atoms with Crippen molar-refractivity contribution < 1.29 is 18.5 Å². The Bertz CT molecular complexity index is 894. The summed E-state index contributed by atoms with van der Waals surface area (Å²) in [5.74, 6) is -1.72. The van der Waals surface area contributed by atoms with Gasteiger partial charge in [-0.1, -0.05) is 6.07 Å². The van der Waals surface area contributed by atoms with E-state index in [9.17, 15) is 19.3 Å².